The van der Waals surface area contributed by atoms with E-state index in [0.717, 1.165) is 0 Å². The summed E-state index contributed by atoms with van der Waals surface area (Å²) in [4.78, 5) is 23.8. The molecule has 1 aliphatic heterocycles. The molecule has 90 valence electrons. The van der Waals surface area contributed by atoms with Crippen molar-refractivity contribution in [3.63, 3.8) is 0 Å². The van der Waals surface area contributed by atoms with Crippen LogP contribution in [0.2, 0.25) is 0 Å². The number of hydrogen-bond donors (Lipinski definition) is 1. The zero-order chi connectivity index (χ0) is 11.8. The first kappa shape index (κ1) is 17.2. The molecule has 0 radical (unpaired) electrons. The Labute approximate surface area is 149 Å². The van der Waals surface area contributed by atoms with Crippen molar-refractivity contribution in [2.75, 3.05) is 39.5 Å². The molecule has 17 heavy (non-hydrogen) atoms. The zero-order valence-electron chi connectivity index (χ0n) is 10.0. The van der Waals surface area contributed by atoms with Crippen molar-refractivity contribution in [3.8, 4) is 0 Å². The van der Waals surface area contributed by atoms with E-state index in [2.05, 4.69) is 22.7 Å². The van der Waals surface area contributed by atoms with Crippen LogP contribution >= 0.6 is 0 Å². The van der Waals surface area contributed by atoms with Gasteiger partial charge in [-0.05, 0) is 0 Å². The summed E-state index contributed by atoms with van der Waals surface area (Å²) in [7, 11) is 0. The molecule has 0 spiro atoms. The fourth-order valence-corrected chi connectivity index (χ4v) is 1.23. The number of morpholine rings is 1. The van der Waals surface area contributed by atoms with Gasteiger partial charge in [0.25, 0.3) is 0 Å². The van der Waals surface area contributed by atoms with E-state index in [1.165, 1.54) is 0 Å². The van der Waals surface area contributed by atoms with Gasteiger partial charge >= 0.3 is 64.2 Å². The summed E-state index contributed by atoms with van der Waals surface area (Å²) in [5.41, 5.74) is 0. The van der Waals surface area contributed by atoms with Crippen LogP contribution in [0, 0.1) is 6.08 Å². The molecule has 1 rings (SSSR count). The summed E-state index contributed by atoms with van der Waals surface area (Å²) >= 11 is 0. The smallest absolute Gasteiger partial charge is 0.488 e. The van der Waals surface area contributed by atoms with Crippen LogP contribution < -0.4 is 63.5 Å². The molecule has 1 aliphatic rings. The minimum atomic E-state index is -0.611. The van der Waals surface area contributed by atoms with Gasteiger partial charge in [-0.15, -0.1) is 0 Å². The first-order valence-corrected chi connectivity index (χ1v) is 5.04. The van der Waals surface area contributed by atoms with E-state index in [1.807, 2.05) is 0 Å². The molecule has 0 aromatic heterocycles. The Kier molecular flexibility index (Phi) is 10.3. The quantitative estimate of drug-likeness (QED) is 0.254. The maximum Gasteiger partial charge on any atom is 1.00 e. The Bertz CT molecular complexity index is 267. The number of nitrogens with one attached hydrogen (secondary N) is 1. The van der Waals surface area contributed by atoms with Crippen LogP contribution in [0.5, 0.6) is 0 Å². The van der Waals surface area contributed by atoms with Gasteiger partial charge in [0, 0.05) is 13.1 Å². The molecule has 0 unspecified atom stereocenters. The number of nitrogens with zero attached hydrogens (tertiary/aromatic N) is 1. The molecule has 1 fully saturated rings. The molecule has 0 aromatic carbocycles. The van der Waals surface area contributed by atoms with E-state index in [4.69, 9.17) is 4.74 Å². The summed E-state index contributed by atoms with van der Waals surface area (Å²) in [6.45, 7) is 5.85. The van der Waals surface area contributed by atoms with Gasteiger partial charge in [0.05, 0.1) is 19.8 Å². The third kappa shape index (κ3) is 7.30. The fourth-order valence-electron chi connectivity index (χ4n) is 1.23. The van der Waals surface area contributed by atoms with E-state index in [1.54, 1.807) is 4.90 Å². The normalized spacial score (nSPS) is 14.5. The number of carbonyl (C=O) groups excluding carboxylic acids is 2. The summed E-state index contributed by atoms with van der Waals surface area (Å²) in [5.74, 6) is -0.611. The first-order valence-electron chi connectivity index (χ1n) is 5.04. The molecule has 1 saturated heterocycles. The standard InChI is InChI=1S/C10H15N2O4.Rb/c1-2-9(13)16-6-3-11-10(14)12-4-7-15-8-5-12;/h1,3-8H2,(H,11,14);/q-1;+1. The van der Waals surface area contributed by atoms with Crippen LogP contribution in [-0.4, -0.2) is 56.4 Å². The van der Waals surface area contributed by atoms with E-state index >= 15 is 0 Å². The number of ether oxygens (including phenoxy) is 2. The third-order valence-electron chi connectivity index (χ3n) is 2.05. The predicted octanol–water partition coefficient (Wildman–Crippen LogP) is -3.44. The monoisotopic (exact) mass is 312 g/mol. The van der Waals surface area contributed by atoms with Crippen molar-refractivity contribution < 1.29 is 77.3 Å². The number of esters is 1. The summed E-state index contributed by atoms with van der Waals surface area (Å²) in [6.07, 6.45) is 2.07. The molecule has 0 saturated carbocycles. The van der Waals surface area contributed by atoms with Gasteiger partial charge in [-0.2, -0.15) is 0 Å². The predicted molar refractivity (Wildman–Crippen MR) is 55.6 cm³/mol. The second-order valence-electron chi connectivity index (χ2n) is 3.14. The molecule has 1 heterocycles. The van der Waals surface area contributed by atoms with Crippen molar-refractivity contribution in [3.05, 3.63) is 12.7 Å². The second kappa shape index (κ2) is 10.2. The minimum Gasteiger partial charge on any atom is -0.488 e. The van der Waals surface area contributed by atoms with Gasteiger partial charge in [0.2, 0.25) is 0 Å². The Morgan fingerprint density at radius 2 is 2.06 bits per heavy atom. The maximum absolute atomic E-state index is 11.5. The topological polar surface area (TPSA) is 67.9 Å². The van der Waals surface area contributed by atoms with Crippen LogP contribution in [0.4, 0.5) is 4.79 Å². The molecule has 0 aliphatic carbocycles. The zero-order valence-corrected chi connectivity index (χ0v) is 14.9. The van der Waals surface area contributed by atoms with Crippen LogP contribution in [0.15, 0.2) is 6.58 Å². The van der Waals surface area contributed by atoms with Crippen molar-refractivity contribution in [2.45, 2.75) is 0 Å². The Hall–Kier alpha value is 0.245. The van der Waals surface area contributed by atoms with E-state index in [-0.39, 0.29) is 77.4 Å². The molecule has 0 atom stereocenters. The van der Waals surface area contributed by atoms with Crippen molar-refractivity contribution >= 4 is 12.0 Å². The van der Waals surface area contributed by atoms with E-state index < -0.39 is 5.97 Å². The van der Waals surface area contributed by atoms with Gasteiger partial charge in [0.1, 0.15) is 12.6 Å². The number of amides is 2. The number of hydrogen-bond acceptors (Lipinski definition) is 4. The SMILES string of the molecule is C=[C-]C(=O)OCCNC(=O)N1CCOCC1.[Rb+]. The largest absolute Gasteiger partial charge is 1.00 e. The average molecular weight is 313 g/mol. The van der Waals surface area contributed by atoms with Crippen molar-refractivity contribution in [2.24, 2.45) is 0 Å². The van der Waals surface area contributed by atoms with Crippen LogP contribution in [0.1, 0.15) is 0 Å². The molecule has 1 N–H and O–H groups in total. The Morgan fingerprint density at radius 1 is 1.41 bits per heavy atom. The van der Waals surface area contributed by atoms with Gasteiger partial charge in [-0.3, -0.25) is 11.4 Å². The van der Waals surface area contributed by atoms with E-state index in [9.17, 15) is 9.59 Å². The van der Waals surface area contributed by atoms with Crippen molar-refractivity contribution in [1.82, 2.24) is 10.2 Å². The molecule has 6 nitrogen and oxygen atoms in total. The van der Waals surface area contributed by atoms with Crippen LogP contribution in [-0.2, 0) is 14.3 Å². The van der Waals surface area contributed by atoms with E-state index in [0.29, 0.717) is 26.3 Å². The number of rotatable bonds is 4. The maximum atomic E-state index is 11.5. The Morgan fingerprint density at radius 3 is 2.65 bits per heavy atom. The van der Waals surface area contributed by atoms with Gasteiger partial charge in [-0.25, -0.2) is 4.79 Å². The summed E-state index contributed by atoms with van der Waals surface area (Å²) < 4.78 is 9.77. The molecular formula is C10H15N2O4Rb. The van der Waals surface area contributed by atoms with Crippen LogP contribution in [0.3, 0.4) is 0 Å². The fraction of sp³-hybridized carbons (Fsp3) is 0.600. The average Bonchev–Trinajstić information content (AvgIpc) is 2.35. The summed E-state index contributed by atoms with van der Waals surface area (Å²) in [6, 6.07) is -0.165. The van der Waals surface area contributed by atoms with Crippen LogP contribution in [0.25, 0.3) is 0 Å². The number of carbonyl (C=O) groups is 2. The molecule has 0 bridgehead atoms. The minimum absolute atomic E-state index is 0. The van der Waals surface area contributed by atoms with Gasteiger partial charge in [-0.1, -0.05) is 0 Å². The van der Waals surface area contributed by atoms with Gasteiger partial charge in [0.15, 0.2) is 0 Å². The Balaban J connectivity index is 0.00000256. The number of urea groups is 1. The van der Waals surface area contributed by atoms with Crippen molar-refractivity contribution in [1.29, 1.82) is 0 Å². The molecule has 7 heteroatoms. The molecule has 0 aromatic rings. The van der Waals surface area contributed by atoms with Gasteiger partial charge < -0.3 is 25.8 Å². The molecule has 2 amide bonds. The third-order valence-corrected chi connectivity index (χ3v) is 2.05. The molecular weight excluding hydrogens is 298 g/mol. The second-order valence-corrected chi connectivity index (χ2v) is 3.14. The summed E-state index contributed by atoms with van der Waals surface area (Å²) in [5, 5.41) is 2.64. The first-order chi connectivity index (χ1) is 7.74.